The molecule has 2 heterocycles. The topological polar surface area (TPSA) is 133 Å². The van der Waals surface area contributed by atoms with Gasteiger partial charge in [0.1, 0.15) is 24.4 Å². The molecule has 26 heavy (non-hydrogen) atoms. The highest BCUT2D eigenvalue weighted by molar-refractivity contribution is 8.35. The fraction of sp³-hybridized carbons (Fsp3) is 0.733. The minimum atomic E-state index is -3.40. The van der Waals surface area contributed by atoms with E-state index in [0.29, 0.717) is 12.5 Å². The van der Waals surface area contributed by atoms with Gasteiger partial charge in [0, 0.05) is 12.6 Å². The monoisotopic (exact) mass is 404 g/mol. The van der Waals surface area contributed by atoms with Crippen LogP contribution in [-0.4, -0.2) is 45.0 Å². The highest BCUT2D eigenvalue weighted by atomic mass is 32.7. The summed E-state index contributed by atoms with van der Waals surface area (Å²) in [7, 11) is -3.40. The summed E-state index contributed by atoms with van der Waals surface area (Å²) in [6, 6.07) is 0.745. The third-order valence-electron chi connectivity index (χ3n) is 4.69. The van der Waals surface area contributed by atoms with Crippen molar-refractivity contribution in [3.8, 4) is 6.01 Å². The molecule has 0 bridgehead atoms. The number of aromatic nitrogens is 2. The molecule has 1 aromatic heterocycles. The van der Waals surface area contributed by atoms with Crippen molar-refractivity contribution in [2.24, 2.45) is 5.92 Å². The molecular weight excluding hydrogens is 381 g/mol. The van der Waals surface area contributed by atoms with Gasteiger partial charge in [0.15, 0.2) is 0 Å². The van der Waals surface area contributed by atoms with Crippen molar-refractivity contribution in [2.45, 2.75) is 50.5 Å². The molecule has 11 heteroatoms. The van der Waals surface area contributed by atoms with Crippen molar-refractivity contribution in [1.29, 1.82) is 5.41 Å². The molecule has 146 valence electrons. The molecule has 1 aromatic rings. The molecular formula is C15H23N3O6PS-. The molecule has 1 aliphatic carbocycles. The van der Waals surface area contributed by atoms with Gasteiger partial charge in [0.2, 0.25) is 0 Å². The summed E-state index contributed by atoms with van der Waals surface area (Å²) in [4.78, 5) is 13.7. The van der Waals surface area contributed by atoms with E-state index in [9.17, 15) is 15.1 Å². The predicted molar refractivity (Wildman–Crippen MR) is 92.4 cm³/mol. The third-order valence-corrected chi connectivity index (χ3v) is 6.28. The van der Waals surface area contributed by atoms with Crippen LogP contribution in [0.25, 0.3) is 0 Å². The fourth-order valence-corrected chi connectivity index (χ4v) is 4.42. The summed E-state index contributed by atoms with van der Waals surface area (Å²) in [5.74, 6) is 0.408. The maximum atomic E-state index is 11.8. The molecule has 3 N–H and O–H groups in total. The molecule has 3 rings (SSSR count). The minimum Gasteiger partial charge on any atom is -0.846 e. The lowest BCUT2D eigenvalue weighted by molar-refractivity contribution is -0.290. The molecule has 1 saturated heterocycles. The lowest BCUT2D eigenvalue weighted by Gasteiger charge is -2.25. The van der Waals surface area contributed by atoms with Gasteiger partial charge in [-0.15, -0.1) is 0 Å². The van der Waals surface area contributed by atoms with Crippen LogP contribution in [0.2, 0.25) is 0 Å². The van der Waals surface area contributed by atoms with Crippen molar-refractivity contribution in [1.82, 2.24) is 9.55 Å². The van der Waals surface area contributed by atoms with Crippen LogP contribution in [-0.2, 0) is 26.0 Å². The van der Waals surface area contributed by atoms with E-state index >= 15 is 0 Å². The first-order valence-corrected chi connectivity index (χ1v) is 11.2. The van der Waals surface area contributed by atoms with Crippen molar-refractivity contribution >= 4 is 19.4 Å². The molecule has 0 amide bonds. The number of hydrogen-bond donors (Lipinski definition) is 3. The smallest absolute Gasteiger partial charge is 0.286 e. The van der Waals surface area contributed by atoms with Gasteiger partial charge in [-0.3, -0.25) is 5.41 Å². The van der Waals surface area contributed by atoms with Gasteiger partial charge in [-0.1, -0.05) is 12.8 Å². The SMILES string of the molecule is N=c1ccn([C@H]2C[C@H](O)[C@@H](CO[P+](O)([S-])OCC3CCCC3)O2)c([O-])n1. The maximum Gasteiger partial charge on any atom is 0.286 e. The van der Waals surface area contributed by atoms with Crippen LogP contribution < -0.4 is 10.6 Å². The quantitative estimate of drug-likeness (QED) is 0.443. The van der Waals surface area contributed by atoms with Crippen molar-refractivity contribution < 1.29 is 28.9 Å². The fourth-order valence-electron chi connectivity index (χ4n) is 3.25. The Morgan fingerprint density at radius 1 is 1.38 bits per heavy atom. The molecule has 0 radical (unpaired) electrons. The zero-order valence-corrected chi connectivity index (χ0v) is 15.9. The number of hydrogen-bond acceptors (Lipinski definition) is 9. The minimum absolute atomic E-state index is 0.130. The molecule has 1 unspecified atom stereocenters. The molecule has 4 atom stereocenters. The Labute approximate surface area is 157 Å². The Morgan fingerprint density at radius 2 is 2.08 bits per heavy atom. The molecule has 1 aliphatic heterocycles. The number of aliphatic hydroxyl groups excluding tert-OH is 1. The van der Waals surface area contributed by atoms with Crippen molar-refractivity contribution in [3.05, 3.63) is 17.8 Å². The normalized spacial score (nSPS) is 29.1. The van der Waals surface area contributed by atoms with E-state index in [1.165, 1.54) is 29.7 Å². The number of aliphatic hydroxyl groups is 1. The zero-order valence-electron chi connectivity index (χ0n) is 14.2. The summed E-state index contributed by atoms with van der Waals surface area (Å²) in [6.07, 6.45) is 3.71. The second-order valence-electron chi connectivity index (χ2n) is 6.65. The maximum absolute atomic E-state index is 11.8. The van der Waals surface area contributed by atoms with Crippen LogP contribution in [0.3, 0.4) is 0 Å². The first-order valence-electron chi connectivity index (χ1n) is 8.60. The number of ether oxygens (including phenoxy) is 1. The van der Waals surface area contributed by atoms with Gasteiger partial charge in [-0.2, -0.15) is 9.05 Å². The highest BCUT2D eigenvalue weighted by Gasteiger charge is 2.38. The van der Waals surface area contributed by atoms with E-state index in [1.54, 1.807) is 0 Å². The standard InChI is InChI=1S/C15H24N3O6PS/c16-13-5-6-18(15(20)17-13)14-7-11(19)12(24-14)9-23-25(21,26)22-8-10-3-1-2-4-10/h5-6,10-12,14,19H,1-4,7-9H2,(H,21,26)(H2,16,17,20)/p-1/t11-,12+,14+,25?/m0/s1. The van der Waals surface area contributed by atoms with Gasteiger partial charge in [0.05, 0.1) is 18.7 Å². The van der Waals surface area contributed by atoms with Gasteiger partial charge >= 0.3 is 0 Å². The summed E-state index contributed by atoms with van der Waals surface area (Å²) in [5, 5.41) is 29.3. The summed E-state index contributed by atoms with van der Waals surface area (Å²) >= 11 is 5.01. The van der Waals surface area contributed by atoms with Gasteiger partial charge in [-0.05, 0) is 24.8 Å². The van der Waals surface area contributed by atoms with E-state index < -0.39 is 31.6 Å². The third kappa shape index (κ3) is 5.16. The van der Waals surface area contributed by atoms with Crippen molar-refractivity contribution in [2.75, 3.05) is 13.2 Å². The van der Waals surface area contributed by atoms with Crippen LogP contribution in [0, 0.1) is 11.3 Å². The van der Waals surface area contributed by atoms with Crippen LogP contribution >= 0.6 is 7.15 Å². The van der Waals surface area contributed by atoms with E-state index in [-0.39, 0.29) is 18.5 Å². The van der Waals surface area contributed by atoms with Crippen LogP contribution in [0.5, 0.6) is 6.01 Å². The van der Waals surface area contributed by atoms with Crippen molar-refractivity contribution in [3.63, 3.8) is 0 Å². The molecule has 9 nitrogen and oxygen atoms in total. The lowest BCUT2D eigenvalue weighted by Crippen LogP contribution is -2.27. The molecule has 2 fully saturated rings. The van der Waals surface area contributed by atoms with Crippen LogP contribution in [0.1, 0.15) is 38.3 Å². The Kier molecular flexibility index (Phi) is 6.55. The van der Waals surface area contributed by atoms with E-state index in [0.717, 1.165) is 12.8 Å². The molecule has 1 saturated carbocycles. The summed E-state index contributed by atoms with van der Waals surface area (Å²) in [6.45, 7) is 0.250. The summed E-state index contributed by atoms with van der Waals surface area (Å²) in [5.41, 5.74) is -0.134. The second-order valence-corrected chi connectivity index (χ2v) is 9.48. The van der Waals surface area contributed by atoms with E-state index in [2.05, 4.69) is 4.98 Å². The van der Waals surface area contributed by atoms with Crippen LogP contribution in [0.4, 0.5) is 0 Å². The molecule has 2 aliphatic rings. The largest absolute Gasteiger partial charge is 0.846 e. The second kappa shape index (κ2) is 8.52. The van der Waals surface area contributed by atoms with Gasteiger partial charge < -0.3 is 31.8 Å². The van der Waals surface area contributed by atoms with Gasteiger partial charge in [0.25, 0.3) is 7.15 Å². The molecule has 0 aromatic carbocycles. The summed E-state index contributed by atoms with van der Waals surface area (Å²) < 4.78 is 17.6. The first kappa shape index (κ1) is 20.0. The van der Waals surface area contributed by atoms with E-state index in [4.69, 9.17) is 31.4 Å². The number of rotatable bonds is 7. The highest BCUT2D eigenvalue weighted by Crippen LogP contribution is 2.55. The number of nitrogens with one attached hydrogen (secondary N) is 1. The average Bonchev–Trinajstić information content (AvgIpc) is 3.21. The van der Waals surface area contributed by atoms with Crippen LogP contribution in [0.15, 0.2) is 12.3 Å². The zero-order chi connectivity index (χ0) is 18.7. The molecule has 0 spiro atoms. The Bertz CT molecular complexity index is 669. The Hall–Kier alpha value is -0.740. The Morgan fingerprint density at radius 3 is 2.77 bits per heavy atom. The average molecular weight is 404 g/mol. The number of nitrogens with zero attached hydrogens (tertiary/aromatic N) is 2. The predicted octanol–water partition coefficient (Wildman–Crippen LogP) is 0.525. The van der Waals surface area contributed by atoms with Gasteiger partial charge in [-0.25, -0.2) is 9.88 Å². The lowest BCUT2D eigenvalue weighted by atomic mass is 10.1. The van der Waals surface area contributed by atoms with E-state index in [1.807, 2.05) is 0 Å². The first-order chi connectivity index (χ1) is 12.3. The Balaban J connectivity index is 1.50.